The van der Waals surface area contributed by atoms with E-state index < -0.39 is 11.9 Å². The van der Waals surface area contributed by atoms with Crippen molar-refractivity contribution in [1.82, 2.24) is 4.57 Å². The quantitative estimate of drug-likeness (QED) is 0.204. The van der Waals surface area contributed by atoms with Gasteiger partial charge in [0, 0.05) is 47.0 Å². The second kappa shape index (κ2) is 11.9. The first-order chi connectivity index (χ1) is 17.9. The highest BCUT2D eigenvalue weighted by molar-refractivity contribution is 6.16. The Bertz CT molecular complexity index is 1370. The van der Waals surface area contributed by atoms with Crippen LogP contribution >= 0.6 is 0 Å². The standard InChI is InChI=1S/C32H36N2O3/c1-4-25(32(36)37)16-17-34-21-29(28-10-5-6-11-30(28)34)31(35)26-8-7-9-27(19-26)33-20-24-14-12-23(13-15-24)18-22(2)3/h5-15,19,21-22,25,33H,4,16-18,20H2,1-3H3,(H,36,37). The van der Waals surface area contributed by atoms with Gasteiger partial charge in [-0.25, -0.2) is 0 Å². The number of hydrogen-bond donors (Lipinski definition) is 2. The number of carboxylic acid groups (broad SMARTS) is 1. The zero-order chi connectivity index (χ0) is 26.4. The molecule has 192 valence electrons. The number of para-hydroxylation sites is 1. The molecule has 0 saturated carbocycles. The van der Waals surface area contributed by atoms with Crippen molar-refractivity contribution in [3.63, 3.8) is 0 Å². The van der Waals surface area contributed by atoms with Crippen LogP contribution in [0.3, 0.4) is 0 Å². The van der Waals surface area contributed by atoms with Crippen LogP contribution in [-0.4, -0.2) is 21.4 Å². The van der Waals surface area contributed by atoms with Gasteiger partial charge in [-0.1, -0.05) is 75.4 Å². The fraction of sp³-hybridized carbons (Fsp3) is 0.312. The van der Waals surface area contributed by atoms with Crippen molar-refractivity contribution in [3.8, 4) is 0 Å². The number of carboxylic acids is 1. The predicted molar refractivity (Wildman–Crippen MR) is 150 cm³/mol. The lowest BCUT2D eigenvalue weighted by atomic mass is 10.0. The Morgan fingerprint density at radius 2 is 1.68 bits per heavy atom. The fourth-order valence-electron chi connectivity index (χ4n) is 4.80. The van der Waals surface area contributed by atoms with E-state index in [-0.39, 0.29) is 5.78 Å². The summed E-state index contributed by atoms with van der Waals surface area (Å²) in [4.78, 5) is 25.1. The number of aliphatic carboxylic acids is 1. The molecule has 2 N–H and O–H groups in total. The number of carbonyl (C=O) groups excluding carboxylic acids is 1. The van der Waals surface area contributed by atoms with Crippen molar-refractivity contribution in [1.29, 1.82) is 0 Å². The van der Waals surface area contributed by atoms with E-state index in [1.807, 2.05) is 66.2 Å². The lowest BCUT2D eigenvalue weighted by Crippen LogP contribution is -2.15. The Kier molecular flexibility index (Phi) is 8.44. The molecule has 0 radical (unpaired) electrons. The smallest absolute Gasteiger partial charge is 0.306 e. The van der Waals surface area contributed by atoms with Crippen LogP contribution in [0.1, 0.15) is 60.7 Å². The Hall–Kier alpha value is -3.86. The summed E-state index contributed by atoms with van der Waals surface area (Å²) in [5, 5.41) is 13.8. The van der Waals surface area contributed by atoms with Gasteiger partial charge < -0.3 is 15.0 Å². The van der Waals surface area contributed by atoms with E-state index in [0.717, 1.165) is 23.0 Å². The highest BCUT2D eigenvalue weighted by Gasteiger charge is 2.19. The number of anilines is 1. The molecule has 5 heteroatoms. The maximum atomic E-state index is 13.6. The molecular weight excluding hydrogens is 460 g/mol. The third kappa shape index (κ3) is 6.48. The first kappa shape index (κ1) is 26.2. The highest BCUT2D eigenvalue weighted by Crippen LogP contribution is 2.26. The summed E-state index contributed by atoms with van der Waals surface area (Å²) in [6.07, 6.45) is 4.06. The number of hydrogen-bond acceptors (Lipinski definition) is 3. The van der Waals surface area contributed by atoms with Gasteiger partial charge in [0.1, 0.15) is 0 Å². The fourth-order valence-corrected chi connectivity index (χ4v) is 4.80. The lowest BCUT2D eigenvalue weighted by Gasteiger charge is -2.11. The number of benzene rings is 3. The van der Waals surface area contributed by atoms with E-state index in [4.69, 9.17) is 0 Å². The largest absolute Gasteiger partial charge is 0.481 e. The number of fused-ring (bicyclic) bond motifs is 1. The topological polar surface area (TPSA) is 71.3 Å². The van der Waals surface area contributed by atoms with E-state index in [1.54, 1.807) is 0 Å². The second-order valence-corrected chi connectivity index (χ2v) is 10.2. The first-order valence-electron chi connectivity index (χ1n) is 13.1. The number of nitrogens with one attached hydrogen (secondary N) is 1. The van der Waals surface area contributed by atoms with Crippen LogP contribution in [0.4, 0.5) is 5.69 Å². The van der Waals surface area contributed by atoms with Crippen LogP contribution in [0.2, 0.25) is 0 Å². The van der Waals surface area contributed by atoms with Gasteiger partial charge in [-0.15, -0.1) is 0 Å². The van der Waals surface area contributed by atoms with E-state index >= 15 is 0 Å². The molecule has 0 saturated heterocycles. The van der Waals surface area contributed by atoms with E-state index in [0.29, 0.717) is 43.0 Å². The number of carbonyl (C=O) groups is 2. The molecule has 0 bridgehead atoms. The molecule has 0 amide bonds. The maximum absolute atomic E-state index is 13.6. The van der Waals surface area contributed by atoms with Gasteiger partial charge in [0.15, 0.2) is 5.78 Å². The average molecular weight is 497 g/mol. The number of rotatable bonds is 12. The van der Waals surface area contributed by atoms with Gasteiger partial charge in [-0.05, 0) is 54.5 Å². The molecule has 37 heavy (non-hydrogen) atoms. The number of aromatic nitrogens is 1. The summed E-state index contributed by atoms with van der Waals surface area (Å²) < 4.78 is 2.01. The summed E-state index contributed by atoms with van der Waals surface area (Å²) in [6.45, 7) is 7.58. The second-order valence-electron chi connectivity index (χ2n) is 10.2. The number of aryl methyl sites for hydroxylation is 1. The van der Waals surface area contributed by atoms with Crippen LogP contribution in [0.25, 0.3) is 10.9 Å². The summed E-state index contributed by atoms with van der Waals surface area (Å²) in [5.41, 5.74) is 5.64. The molecule has 0 aliphatic carbocycles. The molecule has 0 spiro atoms. The Morgan fingerprint density at radius 3 is 2.38 bits per heavy atom. The molecular formula is C32H36N2O3. The molecule has 0 aliphatic rings. The summed E-state index contributed by atoms with van der Waals surface area (Å²) in [7, 11) is 0. The monoisotopic (exact) mass is 496 g/mol. The molecule has 4 aromatic rings. The van der Waals surface area contributed by atoms with E-state index in [9.17, 15) is 14.7 Å². The SMILES string of the molecule is CCC(CCn1cc(C(=O)c2cccc(NCc3ccc(CC(C)C)cc3)c2)c2ccccc21)C(=O)O. The van der Waals surface area contributed by atoms with Crippen molar-refractivity contribution in [2.24, 2.45) is 11.8 Å². The summed E-state index contributed by atoms with van der Waals surface area (Å²) >= 11 is 0. The molecule has 4 rings (SSSR count). The van der Waals surface area contributed by atoms with Crippen LogP contribution in [0, 0.1) is 11.8 Å². The molecule has 0 aliphatic heterocycles. The van der Waals surface area contributed by atoms with Crippen LogP contribution < -0.4 is 5.32 Å². The number of ketones is 1. The minimum atomic E-state index is -0.772. The summed E-state index contributed by atoms with van der Waals surface area (Å²) in [6, 6.07) is 24.1. The molecule has 1 aromatic heterocycles. The predicted octanol–water partition coefficient (Wildman–Crippen LogP) is 7.18. The normalized spacial score (nSPS) is 12.1. The van der Waals surface area contributed by atoms with E-state index in [1.165, 1.54) is 11.1 Å². The van der Waals surface area contributed by atoms with E-state index in [2.05, 4.69) is 43.4 Å². The average Bonchev–Trinajstić information content (AvgIpc) is 3.26. The van der Waals surface area contributed by atoms with Gasteiger partial charge >= 0.3 is 5.97 Å². The van der Waals surface area contributed by atoms with Crippen molar-refractivity contribution >= 4 is 28.3 Å². The van der Waals surface area contributed by atoms with Crippen LogP contribution in [0.5, 0.6) is 0 Å². The Morgan fingerprint density at radius 1 is 0.946 bits per heavy atom. The zero-order valence-electron chi connectivity index (χ0n) is 21.9. The van der Waals surface area contributed by atoms with Crippen molar-refractivity contribution < 1.29 is 14.7 Å². The lowest BCUT2D eigenvalue weighted by molar-refractivity contribution is -0.142. The van der Waals surface area contributed by atoms with Crippen molar-refractivity contribution in [2.75, 3.05) is 5.32 Å². The minimum Gasteiger partial charge on any atom is -0.481 e. The van der Waals surface area contributed by atoms with Gasteiger partial charge in [0.2, 0.25) is 0 Å². The zero-order valence-corrected chi connectivity index (χ0v) is 21.9. The van der Waals surface area contributed by atoms with Gasteiger partial charge in [0.05, 0.1) is 5.92 Å². The first-order valence-corrected chi connectivity index (χ1v) is 13.1. The summed E-state index contributed by atoms with van der Waals surface area (Å²) in [5.74, 6) is -0.571. The third-order valence-corrected chi connectivity index (χ3v) is 6.88. The number of nitrogens with zero attached hydrogens (tertiary/aromatic N) is 1. The van der Waals surface area contributed by atoms with Gasteiger partial charge in [0.25, 0.3) is 0 Å². The molecule has 1 heterocycles. The maximum Gasteiger partial charge on any atom is 0.306 e. The molecule has 5 nitrogen and oxygen atoms in total. The minimum absolute atomic E-state index is 0.0399. The Balaban J connectivity index is 1.50. The molecule has 1 atom stereocenters. The van der Waals surface area contributed by atoms with Crippen LogP contribution in [0.15, 0.2) is 79.0 Å². The highest BCUT2D eigenvalue weighted by atomic mass is 16.4. The van der Waals surface area contributed by atoms with Crippen molar-refractivity contribution in [2.45, 2.75) is 53.1 Å². The Labute approximate surface area is 219 Å². The van der Waals surface area contributed by atoms with Gasteiger partial charge in [-0.2, -0.15) is 0 Å². The molecule has 1 unspecified atom stereocenters. The third-order valence-electron chi connectivity index (χ3n) is 6.88. The molecule has 3 aromatic carbocycles. The van der Waals surface area contributed by atoms with Gasteiger partial charge in [-0.3, -0.25) is 9.59 Å². The molecule has 0 fully saturated rings. The van der Waals surface area contributed by atoms with Crippen LogP contribution in [-0.2, 0) is 24.3 Å². The van der Waals surface area contributed by atoms with Crippen molar-refractivity contribution in [3.05, 3.63) is 101 Å².